The molecule has 0 spiro atoms. The van der Waals surface area contributed by atoms with Crippen molar-refractivity contribution in [3.63, 3.8) is 0 Å². The quantitative estimate of drug-likeness (QED) is 0.813. The molecular formula is C17H34N2O. The lowest BCUT2D eigenvalue weighted by atomic mass is 9.69. The standard InChI is InChI=1S/C17H34N2O/c1-11(2)6-7-13-14(12(3)4)10-18-15-8-9-16(20-5)19-17(13)15/h11-19H,6-10H2,1-5H3. The van der Waals surface area contributed by atoms with E-state index in [9.17, 15) is 0 Å². The third-order valence-corrected chi connectivity index (χ3v) is 5.40. The lowest BCUT2D eigenvalue weighted by molar-refractivity contribution is -0.0153. The molecule has 20 heavy (non-hydrogen) atoms. The average molecular weight is 282 g/mol. The van der Waals surface area contributed by atoms with E-state index in [0.29, 0.717) is 12.1 Å². The van der Waals surface area contributed by atoms with Gasteiger partial charge in [0.05, 0.1) is 0 Å². The summed E-state index contributed by atoms with van der Waals surface area (Å²) in [6.45, 7) is 10.6. The number of nitrogens with one attached hydrogen (secondary N) is 2. The van der Waals surface area contributed by atoms with Crippen molar-refractivity contribution in [1.29, 1.82) is 0 Å². The maximum atomic E-state index is 5.57. The number of hydrogen-bond acceptors (Lipinski definition) is 3. The largest absolute Gasteiger partial charge is 0.367 e. The summed E-state index contributed by atoms with van der Waals surface area (Å²) in [7, 11) is 1.83. The summed E-state index contributed by atoms with van der Waals surface area (Å²) in [6, 6.07) is 1.24. The minimum atomic E-state index is 0.255. The lowest BCUT2D eigenvalue weighted by Crippen LogP contribution is -2.65. The molecule has 5 atom stereocenters. The van der Waals surface area contributed by atoms with Crippen LogP contribution in [0.25, 0.3) is 0 Å². The highest BCUT2D eigenvalue weighted by Crippen LogP contribution is 2.36. The third kappa shape index (κ3) is 3.75. The molecule has 0 radical (unpaired) electrons. The average Bonchev–Trinajstić information content (AvgIpc) is 2.43. The summed E-state index contributed by atoms with van der Waals surface area (Å²) in [5.41, 5.74) is 0. The fraction of sp³-hybridized carbons (Fsp3) is 1.00. The van der Waals surface area contributed by atoms with Crippen LogP contribution in [0.2, 0.25) is 0 Å². The molecule has 2 fully saturated rings. The highest BCUT2D eigenvalue weighted by Gasteiger charge is 2.42. The summed E-state index contributed by atoms with van der Waals surface area (Å²) >= 11 is 0. The second-order valence-corrected chi connectivity index (χ2v) is 7.55. The zero-order valence-electron chi connectivity index (χ0n) is 14.0. The number of ether oxygens (including phenoxy) is 1. The molecule has 0 aromatic rings. The van der Waals surface area contributed by atoms with Gasteiger partial charge in [-0.05, 0) is 49.5 Å². The molecule has 3 heteroatoms. The first-order chi connectivity index (χ1) is 9.52. The summed E-state index contributed by atoms with van der Waals surface area (Å²) in [5, 5.41) is 7.58. The maximum absolute atomic E-state index is 5.57. The van der Waals surface area contributed by atoms with Gasteiger partial charge in [-0.3, -0.25) is 5.32 Å². The Bertz CT molecular complexity index is 293. The van der Waals surface area contributed by atoms with E-state index in [1.54, 1.807) is 0 Å². The molecule has 0 amide bonds. The van der Waals surface area contributed by atoms with Crippen molar-refractivity contribution in [1.82, 2.24) is 10.6 Å². The Kier molecular flexibility index (Phi) is 5.88. The molecule has 3 nitrogen and oxygen atoms in total. The Labute approximate surface area is 125 Å². The fourth-order valence-corrected chi connectivity index (χ4v) is 4.12. The molecule has 2 saturated heterocycles. The second kappa shape index (κ2) is 7.24. The second-order valence-electron chi connectivity index (χ2n) is 7.55. The van der Waals surface area contributed by atoms with Crippen LogP contribution in [0.5, 0.6) is 0 Å². The minimum Gasteiger partial charge on any atom is -0.367 e. The van der Waals surface area contributed by atoms with E-state index < -0.39 is 0 Å². The molecular weight excluding hydrogens is 248 g/mol. The molecule has 5 unspecified atom stereocenters. The summed E-state index contributed by atoms with van der Waals surface area (Å²) in [4.78, 5) is 0. The summed E-state index contributed by atoms with van der Waals surface area (Å²) in [5.74, 6) is 3.14. The topological polar surface area (TPSA) is 33.3 Å². The Balaban J connectivity index is 2.08. The van der Waals surface area contributed by atoms with Crippen molar-refractivity contribution in [3.8, 4) is 0 Å². The van der Waals surface area contributed by atoms with E-state index in [-0.39, 0.29) is 6.23 Å². The molecule has 0 aromatic carbocycles. The first-order valence-corrected chi connectivity index (χ1v) is 8.55. The van der Waals surface area contributed by atoms with E-state index in [1.165, 1.54) is 25.8 Å². The van der Waals surface area contributed by atoms with Gasteiger partial charge in [0.1, 0.15) is 6.23 Å². The number of methoxy groups -OCH3 is 1. The Hall–Kier alpha value is -0.120. The zero-order chi connectivity index (χ0) is 14.7. The molecule has 2 rings (SSSR count). The van der Waals surface area contributed by atoms with Crippen molar-refractivity contribution in [2.75, 3.05) is 13.7 Å². The van der Waals surface area contributed by atoms with Crippen molar-refractivity contribution in [2.24, 2.45) is 23.7 Å². The van der Waals surface area contributed by atoms with Gasteiger partial charge in [0.2, 0.25) is 0 Å². The molecule has 118 valence electrons. The van der Waals surface area contributed by atoms with Crippen molar-refractivity contribution in [3.05, 3.63) is 0 Å². The van der Waals surface area contributed by atoms with Crippen LogP contribution in [0.4, 0.5) is 0 Å². The highest BCUT2D eigenvalue weighted by atomic mass is 16.5. The molecule has 2 aliphatic rings. The van der Waals surface area contributed by atoms with Crippen LogP contribution in [-0.2, 0) is 4.74 Å². The molecule has 2 aliphatic heterocycles. The van der Waals surface area contributed by atoms with Gasteiger partial charge in [-0.1, -0.05) is 34.1 Å². The van der Waals surface area contributed by atoms with E-state index in [2.05, 4.69) is 38.3 Å². The van der Waals surface area contributed by atoms with Crippen LogP contribution >= 0.6 is 0 Å². The van der Waals surface area contributed by atoms with Crippen molar-refractivity contribution >= 4 is 0 Å². The SMILES string of the molecule is COC1CCC2NCC(C(C)C)C(CCC(C)C)C2N1. The van der Waals surface area contributed by atoms with Gasteiger partial charge in [0, 0.05) is 19.2 Å². The van der Waals surface area contributed by atoms with Gasteiger partial charge in [-0.2, -0.15) is 0 Å². The Morgan fingerprint density at radius 2 is 1.90 bits per heavy atom. The van der Waals surface area contributed by atoms with Gasteiger partial charge in [0.15, 0.2) is 0 Å². The number of piperidine rings is 2. The van der Waals surface area contributed by atoms with Crippen LogP contribution in [0.3, 0.4) is 0 Å². The van der Waals surface area contributed by atoms with Gasteiger partial charge < -0.3 is 10.1 Å². The lowest BCUT2D eigenvalue weighted by Gasteiger charge is -2.50. The number of fused-ring (bicyclic) bond motifs is 1. The van der Waals surface area contributed by atoms with Gasteiger partial charge in [-0.15, -0.1) is 0 Å². The molecule has 2 N–H and O–H groups in total. The fourth-order valence-electron chi connectivity index (χ4n) is 4.12. The van der Waals surface area contributed by atoms with Crippen molar-refractivity contribution in [2.45, 2.75) is 71.7 Å². The normalized spacial score (nSPS) is 38.2. The Morgan fingerprint density at radius 1 is 1.15 bits per heavy atom. The van der Waals surface area contributed by atoms with Crippen molar-refractivity contribution < 1.29 is 4.74 Å². The van der Waals surface area contributed by atoms with Gasteiger partial charge in [0.25, 0.3) is 0 Å². The minimum absolute atomic E-state index is 0.255. The van der Waals surface area contributed by atoms with Gasteiger partial charge >= 0.3 is 0 Å². The first-order valence-electron chi connectivity index (χ1n) is 8.55. The smallest absolute Gasteiger partial charge is 0.108 e. The third-order valence-electron chi connectivity index (χ3n) is 5.40. The number of rotatable bonds is 5. The van der Waals surface area contributed by atoms with E-state index in [4.69, 9.17) is 4.74 Å². The molecule has 0 bridgehead atoms. The van der Waals surface area contributed by atoms with Crippen LogP contribution in [-0.4, -0.2) is 32.0 Å². The van der Waals surface area contributed by atoms with E-state index >= 15 is 0 Å². The van der Waals surface area contributed by atoms with Crippen LogP contribution in [0.15, 0.2) is 0 Å². The van der Waals surface area contributed by atoms with Gasteiger partial charge in [-0.25, -0.2) is 0 Å². The van der Waals surface area contributed by atoms with E-state index in [1.807, 2.05) is 7.11 Å². The summed E-state index contributed by atoms with van der Waals surface area (Å²) in [6.07, 6.45) is 5.33. The van der Waals surface area contributed by atoms with Crippen LogP contribution in [0, 0.1) is 23.7 Å². The first kappa shape index (κ1) is 16.3. The molecule has 0 aliphatic carbocycles. The molecule has 2 heterocycles. The Morgan fingerprint density at radius 3 is 2.50 bits per heavy atom. The summed E-state index contributed by atoms with van der Waals surface area (Å²) < 4.78 is 5.57. The monoisotopic (exact) mass is 282 g/mol. The van der Waals surface area contributed by atoms with Crippen LogP contribution < -0.4 is 10.6 Å². The zero-order valence-corrected chi connectivity index (χ0v) is 14.0. The molecule has 0 aromatic heterocycles. The van der Waals surface area contributed by atoms with Crippen LogP contribution in [0.1, 0.15) is 53.4 Å². The predicted octanol–water partition coefficient (Wildman–Crippen LogP) is 3.01. The maximum Gasteiger partial charge on any atom is 0.108 e. The number of hydrogen-bond donors (Lipinski definition) is 2. The predicted molar refractivity (Wildman–Crippen MR) is 84.6 cm³/mol. The molecule has 0 saturated carbocycles. The van der Waals surface area contributed by atoms with E-state index in [0.717, 1.165) is 30.1 Å². The highest BCUT2D eigenvalue weighted by molar-refractivity contribution is 5.00.